The van der Waals surface area contributed by atoms with Crippen LogP contribution < -0.4 is 0 Å². The third-order valence-corrected chi connectivity index (χ3v) is 8.47. The van der Waals surface area contributed by atoms with Crippen LogP contribution in [-0.4, -0.2) is 33.1 Å². The van der Waals surface area contributed by atoms with E-state index in [4.69, 9.17) is 4.74 Å². The smallest absolute Gasteiger partial charge is 0.155 e. The molecule has 0 saturated carbocycles. The van der Waals surface area contributed by atoms with E-state index >= 15 is 0 Å². The van der Waals surface area contributed by atoms with E-state index in [2.05, 4.69) is 64.9 Å². The standard InChI is InChI=1S/C30H37BrN2O3/c1-29(2)12-13-30(3,27-15-21(17-31)5-10-26(27)29)11-4-14-36-28(35)16-25(23-18-32-20-33-19-23)22-6-8-24(34)9-7-22/h5-10,15,18-20,25,28,34-35H,4,11-14,16-17H2,1-3H3. The first kappa shape index (κ1) is 26.8. The number of phenolic OH excluding ortho intramolecular Hbond substituents is 1. The first-order valence-corrected chi connectivity index (χ1v) is 13.9. The first-order chi connectivity index (χ1) is 17.2. The summed E-state index contributed by atoms with van der Waals surface area (Å²) in [6.07, 6.45) is 8.72. The summed E-state index contributed by atoms with van der Waals surface area (Å²) in [6, 6.07) is 14.0. The zero-order valence-corrected chi connectivity index (χ0v) is 23.0. The average molecular weight is 554 g/mol. The summed E-state index contributed by atoms with van der Waals surface area (Å²) in [5.74, 6) is 0.0810. The van der Waals surface area contributed by atoms with Crippen LogP contribution in [0.2, 0.25) is 0 Å². The van der Waals surface area contributed by atoms with E-state index in [0.717, 1.165) is 35.7 Å². The highest BCUT2D eigenvalue weighted by Gasteiger charge is 2.39. The van der Waals surface area contributed by atoms with Gasteiger partial charge in [0, 0.05) is 36.7 Å². The van der Waals surface area contributed by atoms with Gasteiger partial charge < -0.3 is 14.9 Å². The highest BCUT2D eigenvalue weighted by atomic mass is 79.9. The van der Waals surface area contributed by atoms with E-state index in [9.17, 15) is 10.2 Å². The second kappa shape index (κ2) is 11.4. The number of aromatic nitrogens is 2. The number of aliphatic hydroxyl groups excluding tert-OH is 1. The van der Waals surface area contributed by atoms with Crippen molar-refractivity contribution in [3.63, 3.8) is 0 Å². The van der Waals surface area contributed by atoms with Gasteiger partial charge in [-0.25, -0.2) is 9.97 Å². The molecule has 0 saturated heterocycles. The maximum Gasteiger partial charge on any atom is 0.155 e. The second-order valence-electron chi connectivity index (χ2n) is 10.9. The van der Waals surface area contributed by atoms with Gasteiger partial charge in [0.2, 0.25) is 0 Å². The molecule has 5 nitrogen and oxygen atoms in total. The van der Waals surface area contributed by atoms with Crippen molar-refractivity contribution in [3.05, 3.63) is 89.0 Å². The molecule has 4 rings (SSSR count). The van der Waals surface area contributed by atoms with Gasteiger partial charge in [0.1, 0.15) is 12.1 Å². The Morgan fingerprint density at radius 3 is 2.39 bits per heavy atom. The number of halogens is 1. The van der Waals surface area contributed by atoms with E-state index in [1.807, 2.05) is 12.1 Å². The first-order valence-electron chi connectivity index (χ1n) is 12.8. The number of hydrogen-bond acceptors (Lipinski definition) is 5. The van der Waals surface area contributed by atoms with E-state index in [0.29, 0.717) is 13.0 Å². The molecule has 1 aliphatic carbocycles. The number of phenols is 1. The Kier molecular flexibility index (Phi) is 8.48. The summed E-state index contributed by atoms with van der Waals surface area (Å²) < 4.78 is 5.91. The van der Waals surface area contributed by atoms with Crippen LogP contribution >= 0.6 is 15.9 Å². The maximum atomic E-state index is 10.8. The van der Waals surface area contributed by atoms with E-state index < -0.39 is 6.29 Å². The van der Waals surface area contributed by atoms with Crippen molar-refractivity contribution in [2.75, 3.05) is 6.61 Å². The molecule has 0 amide bonds. The fourth-order valence-electron chi connectivity index (χ4n) is 5.49. The normalized spacial score (nSPS) is 20.5. The second-order valence-corrected chi connectivity index (χ2v) is 11.5. The fourth-order valence-corrected chi connectivity index (χ4v) is 5.84. The van der Waals surface area contributed by atoms with Gasteiger partial charge in [0.05, 0.1) is 0 Å². The molecule has 0 fully saturated rings. The van der Waals surface area contributed by atoms with Crippen molar-refractivity contribution >= 4 is 15.9 Å². The number of fused-ring (bicyclic) bond motifs is 1. The van der Waals surface area contributed by atoms with Crippen molar-refractivity contribution < 1.29 is 14.9 Å². The molecule has 3 aromatic rings. The summed E-state index contributed by atoms with van der Waals surface area (Å²) in [4.78, 5) is 8.29. The minimum atomic E-state index is -0.908. The van der Waals surface area contributed by atoms with Gasteiger partial charge in [-0.1, -0.05) is 67.0 Å². The molecule has 36 heavy (non-hydrogen) atoms. The van der Waals surface area contributed by atoms with Crippen molar-refractivity contribution in [1.82, 2.24) is 9.97 Å². The van der Waals surface area contributed by atoms with Gasteiger partial charge >= 0.3 is 0 Å². The predicted molar refractivity (Wildman–Crippen MR) is 146 cm³/mol. The summed E-state index contributed by atoms with van der Waals surface area (Å²) in [7, 11) is 0. The number of hydrogen-bond donors (Lipinski definition) is 2. The van der Waals surface area contributed by atoms with Gasteiger partial charge in [-0.15, -0.1) is 0 Å². The summed E-state index contributed by atoms with van der Waals surface area (Å²) in [5, 5.41) is 21.3. The number of benzene rings is 2. The molecule has 2 N–H and O–H groups in total. The van der Waals surface area contributed by atoms with Crippen LogP contribution in [0.1, 0.15) is 86.6 Å². The van der Waals surface area contributed by atoms with Crippen molar-refractivity contribution in [2.24, 2.45) is 0 Å². The number of alkyl halides is 1. The van der Waals surface area contributed by atoms with Crippen LogP contribution in [0.25, 0.3) is 0 Å². The minimum Gasteiger partial charge on any atom is -0.508 e. The number of aliphatic hydroxyl groups is 1. The van der Waals surface area contributed by atoms with Gasteiger partial charge in [0.25, 0.3) is 0 Å². The molecule has 0 radical (unpaired) electrons. The molecule has 1 aromatic heterocycles. The SMILES string of the molecule is CC1(C)CCC(C)(CCCOC(O)CC(c2ccc(O)cc2)c2cncnc2)c2cc(CBr)ccc21. The number of ether oxygens (including phenoxy) is 1. The Morgan fingerprint density at radius 2 is 1.69 bits per heavy atom. The Hall–Kier alpha value is -2.28. The molecule has 0 aliphatic heterocycles. The van der Waals surface area contributed by atoms with Crippen molar-refractivity contribution in [1.29, 1.82) is 0 Å². The molecule has 192 valence electrons. The summed E-state index contributed by atoms with van der Waals surface area (Å²) >= 11 is 3.62. The Labute approximate surface area is 223 Å². The van der Waals surface area contributed by atoms with E-state index in [1.165, 1.54) is 29.4 Å². The molecule has 0 spiro atoms. The quantitative estimate of drug-likeness (QED) is 0.165. The zero-order chi connectivity index (χ0) is 25.8. The number of nitrogens with zero attached hydrogens (tertiary/aromatic N) is 2. The van der Waals surface area contributed by atoms with Crippen LogP contribution in [0.15, 0.2) is 61.2 Å². The lowest BCUT2D eigenvalue weighted by molar-refractivity contribution is -0.106. The molecule has 6 heteroatoms. The molecule has 2 aromatic carbocycles. The van der Waals surface area contributed by atoms with Gasteiger partial charge in [-0.2, -0.15) is 0 Å². The fraction of sp³-hybridized carbons (Fsp3) is 0.467. The predicted octanol–water partition coefficient (Wildman–Crippen LogP) is 6.74. The molecule has 0 bridgehead atoms. The van der Waals surface area contributed by atoms with Crippen molar-refractivity contribution in [2.45, 2.75) is 81.2 Å². The minimum absolute atomic E-state index is 0.104. The zero-order valence-electron chi connectivity index (χ0n) is 21.5. The molecule has 1 heterocycles. The number of aromatic hydroxyl groups is 1. The van der Waals surface area contributed by atoms with Crippen molar-refractivity contribution in [3.8, 4) is 5.75 Å². The molecular formula is C30H37BrN2O3. The third kappa shape index (κ3) is 6.16. The molecule has 1 aliphatic rings. The highest BCUT2D eigenvalue weighted by molar-refractivity contribution is 9.08. The lowest BCUT2D eigenvalue weighted by Crippen LogP contribution is -2.36. The average Bonchev–Trinajstić information content (AvgIpc) is 2.89. The van der Waals surface area contributed by atoms with Crippen LogP contribution in [0.5, 0.6) is 5.75 Å². The van der Waals surface area contributed by atoms with Gasteiger partial charge in [0.15, 0.2) is 6.29 Å². The van der Waals surface area contributed by atoms with E-state index in [1.54, 1.807) is 24.5 Å². The summed E-state index contributed by atoms with van der Waals surface area (Å²) in [6.45, 7) is 7.58. The lowest BCUT2D eigenvalue weighted by Gasteiger charge is -2.44. The third-order valence-electron chi connectivity index (χ3n) is 7.82. The highest BCUT2D eigenvalue weighted by Crippen LogP contribution is 2.48. The van der Waals surface area contributed by atoms with Crippen LogP contribution in [-0.2, 0) is 20.9 Å². The molecule has 3 atom stereocenters. The molecular weight excluding hydrogens is 516 g/mol. The van der Waals surface area contributed by atoms with E-state index in [-0.39, 0.29) is 22.5 Å². The van der Waals surface area contributed by atoms with Crippen LogP contribution in [0, 0.1) is 0 Å². The number of rotatable bonds is 10. The Balaban J connectivity index is 1.39. The Bertz CT molecular complexity index is 1140. The summed E-state index contributed by atoms with van der Waals surface area (Å²) in [5.41, 5.74) is 6.42. The monoisotopic (exact) mass is 552 g/mol. The molecule has 3 unspecified atom stereocenters. The van der Waals surface area contributed by atoms with Gasteiger partial charge in [-0.3, -0.25) is 0 Å². The van der Waals surface area contributed by atoms with Crippen LogP contribution in [0.4, 0.5) is 0 Å². The van der Waals surface area contributed by atoms with Gasteiger partial charge in [-0.05, 0) is 76.5 Å². The lowest BCUT2D eigenvalue weighted by atomic mass is 9.61. The topological polar surface area (TPSA) is 75.5 Å². The largest absolute Gasteiger partial charge is 0.508 e. The maximum absolute atomic E-state index is 10.8. The Morgan fingerprint density at radius 1 is 0.972 bits per heavy atom. The van der Waals surface area contributed by atoms with Crippen LogP contribution in [0.3, 0.4) is 0 Å².